The number of fused-ring (bicyclic) bond motifs is 1. The predicted octanol–water partition coefficient (Wildman–Crippen LogP) is 1.69. The summed E-state index contributed by atoms with van der Waals surface area (Å²) < 4.78 is 22.7. The molecule has 5 nitrogen and oxygen atoms in total. The molecule has 0 saturated carbocycles. The third kappa shape index (κ3) is 1.86. The quantitative estimate of drug-likeness (QED) is 0.441. The lowest BCUT2D eigenvalue weighted by molar-refractivity contribution is -0.152. The Hall–Kier alpha value is -1.43. The van der Waals surface area contributed by atoms with Crippen molar-refractivity contribution in [2.24, 2.45) is 0 Å². The van der Waals surface area contributed by atoms with Crippen LogP contribution in [0.4, 0.5) is 0 Å². The van der Waals surface area contributed by atoms with Gasteiger partial charge in [0.25, 0.3) is 0 Å². The number of carbonyl (C=O) groups excluding carboxylic acids is 1. The third-order valence-corrected chi connectivity index (χ3v) is 5.08. The zero-order chi connectivity index (χ0) is 15.3. The number of ether oxygens (including phenoxy) is 4. The molecule has 118 valence electrons. The summed E-state index contributed by atoms with van der Waals surface area (Å²) >= 11 is 0. The highest BCUT2D eigenvalue weighted by Gasteiger charge is 2.73. The van der Waals surface area contributed by atoms with Crippen molar-refractivity contribution in [3.8, 4) is 0 Å². The van der Waals surface area contributed by atoms with Crippen LogP contribution >= 0.6 is 0 Å². The molecule has 0 spiro atoms. The van der Waals surface area contributed by atoms with Crippen LogP contribution in [0.15, 0.2) is 35.5 Å². The summed E-state index contributed by atoms with van der Waals surface area (Å²) in [5.41, 5.74) is 1.37. The molecule has 0 N–H and O–H groups in total. The van der Waals surface area contributed by atoms with E-state index >= 15 is 0 Å². The standard InChI is InChI=1S/C17H20O5/c1-19-11-7-8-12(20-2)13-10(11)6-4-3-5-9-17-15(22-17)14(13)21-16(17)18/h3-4,7-8,11-12,14-15H,5-6,9H2,1-2H3/b4-3-/t11?,12?,14-,15-,17-/m0/s1. The maximum atomic E-state index is 12.3. The largest absolute Gasteiger partial charge is 0.453 e. The number of allylic oxidation sites excluding steroid dienone is 2. The van der Waals surface area contributed by atoms with Crippen molar-refractivity contribution in [2.75, 3.05) is 14.2 Å². The highest BCUT2D eigenvalue weighted by Crippen LogP contribution is 2.53. The third-order valence-electron chi connectivity index (χ3n) is 5.08. The number of carbonyl (C=O) groups is 1. The number of esters is 1. The van der Waals surface area contributed by atoms with E-state index in [9.17, 15) is 4.79 Å². The van der Waals surface area contributed by atoms with Gasteiger partial charge >= 0.3 is 5.97 Å². The van der Waals surface area contributed by atoms with Crippen molar-refractivity contribution >= 4 is 5.97 Å². The highest BCUT2D eigenvalue weighted by atomic mass is 16.7. The first-order chi connectivity index (χ1) is 10.7. The van der Waals surface area contributed by atoms with Crippen LogP contribution in [0, 0.1) is 0 Å². The molecule has 4 aliphatic rings. The second-order valence-electron chi connectivity index (χ2n) is 6.15. The zero-order valence-electron chi connectivity index (χ0n) is 12.8. The second-order valence-corrected chi connectivity index (χ2v) is 6.15. The van der Waals surface area contributed by atoms with Gasteiger partial charge in [-0.2, -0.15) is 0 Å². The highest BCUT2D eigenvalue weighted by molar-refractivity contribution is 5.87. The van der Waals surface area contributed by atoms with Crippen LogP contribution in [-0.2, 0) is 23.7 Å². The van der Waals surface area contributed by atoms with Gasteiger partial charge in [0.15, 0.2) is 11.7 Å². The van der Waals surface area contributed by atoms with Gasteiger partial charge in [-0.1, -0.05) is 24.3 Å². The number of hydrogen-bond donors (Lipinski definition) is 0. The number of epoxide rings is 1. The van der Waals surface area contributed by atoms with Crippen molar-refractivity contribution in [3.05, 3.63) is 35.5 Å². The fourth-order valence-corrected chi connectivity index (χ4v) is 3.87. The van der Waals surface area contributed by atoms with Gasteiger partial charge in [0.1, 0.15) is 12.2 Å². The lowest BCUT2D eigenvalue weighted by Gasteiger charge is -2.31. The predicted molar refractivity (Wildman–Crippen MR) is 78.2 cm³/mol. The van der Waals surface area contributed by atoms with E-state index in [1.807, 2.05) is 12.2 Å². The van der Waals surface area contributed by atoms with Crippen molar-refractivity contribution in [1.29, 1.82) is 0 Å². The van der Waals surface area contributed by atoms with Crippen LogP contribution in [0.25, 0.3) is 0 Å². The summed E-state index contributed by atoms with van der Waals surface area (Å²) in [5, 5.41) is 0. The van der Waals surface area contributed by atoms with E-state index in [0.29, 0.717) is 6.42 Å². The molecule has 2 bridgehead atoms. The van der Waals surface area contributed by atoms with E-state index in [0.717, 1.165) is 24.0 Å². The minimum atomic E-state index is -0.730. The molecular formula is C17H20O5. The maximum absolute atomic E-state index is 12.3. The van der Waals surface area contributed by atoms with E-state index in [1.54, 1.807) is 14.2 Å². The Morgan fingerprint density at radius 2 is 1.95 bits per heavy atom. The first-order valence-corrected chi connectivity index (χ1v) is 7.72. The zero-order valence-corrected chi connectivity index (χ0v) is 12.8. The van der Waals surface area contributed by atoms with Gasteiger partial charge in [-0.3, -0.25) is 0 Å². The van der Waals surface area contributed by atoms with Crippen LogP contribution in [0.1, 0.15) is 19.3 Å². The summed E-state index contributed by atoms with van der Waals surface area (Å²) in [6, 6.07) is 0. The summed E-state index contributed by atoms with van der Waals surface area (Å²) in [4.78, 5) is 12.3. The van der Waals surface area contributed by atoms with Crippen LogP contribution in [0.5, 0.6) is 0 Å². The van der Waals surface area contributed by atoms with Crippen LogP contribution < -0.4 is 0 Å². The normalized spacial score (nSPS) is 44.2. The smallest absolute Gasteiger partial charge is 0.342 e. The summed E-state index contributed by atoms with van der Waals surface area (Å²) in [6.07, 6.45) is 9.64. The molecule has 2 fully saturated rings. The molecule has 0 aromatic carbocycles. The number of hydrogen-bond acceptors (Lipinski definition) is 5. The molecule has 4 rings (SSSR count). The lowest BCUT2D eigenvalue weighted by atomic mass is 9.83. The average molecular weight is 304 g/mol. The first kappa shape index (κ1) is 14.2. The van der Waals surface area contributed by atoms with Crippen LogP contribution in [0.3, 0.4) is 0 Å². The van der Waals surface area contributed by atoms with Crippen molar-refractivity contribution < 1.29 is 23.7 Å². The molecule has 2 aliphatic carbocycles. The van der Waals surface area contributed by atoms with Gasteiger partial charge in [-0.15, -0.1) is 0 Å². The van der Waals surface area contributed by atoms with E-state index in [2.05, 4.69) is 12.2 Å². The van der Waals surface area contributed by atoms with E-state index in [4.69, 9.17) is 18.9 Å². The van der Waals surface area contributed by atoms with Crippen LogP contribution in [0.2, 0.25) is 0 Å². The minimum Gasteiger partial charge on any atom is -0.453 e. The Balaban J connectivity index is 1.81. The molecule has 22 heavy (non-hydrogen) atoms. The Kier molecular flexibility index (Phi) is 3.25. The summed E-state index contributed by atoms with van der Waals surface area (Å²) in [5.74, 6) is -0.233. The molecule has 0 aromatic heterocycles. The van der Waals surface area contributed by atoms with E-state index in [-0.39, 0.29) is 30.4 Å². The minimum absolute atomic E-state index is 0.113. The van der Waals surface area contributed by atoms with Gasteiger partial charge in [0.2, 0.25) is 0 Å². The van der Waals surface area contributed by atoms with Gasteiger partial charge in [-0.25, -0.2) is 4.79 Å². The molecule has 2 saturated heterocycles. The van der Waals surface area contributed by atoms with Gasteiger partial charge < -0.3 is 18.9 Å². The molecule has 2 unspecified atom stereocenters. The van der Waals surface area contributed by atoms with E-state index < -0.39 is 5.60 Å². The molecule has 0 radical (unpaired) electrons. The number of methoxy groups -OCH3 is 2. The monoisotopic (exact) mass is 304 g/mol. The lowest BCUT2D eigenvalue weighted by Crippen LogP contribution is -2.34. The van der Waals surface area contributed by atoms with Crippen molar-refractivity contribution in [1.82, 2.24) is 0 Å². The molecule has 0 amide bonds. The Morgan fingerprint density at radius 3 is 2.68 bits per heavy atom. The van der Waals surface area contributed by atoms with Crippen molar-refractivity contribution in [3.63, 3.8) is 0 Å². The first-order valence-electron chi connectivity index (χ1n) is 7.72. The SMILES string of the molecule is COC1C=CC(OC)C2=C1C/C=C\CC[C@]13O[C@H]1[C@H]2OC3=O. The molecule has 2 aliphatic heterocycles. The molecule has 5 atom stereocenters. The topological polar surface area (TPSA) is 57.3 Å². The summed E-state index contributed by atoms with van der Waals surface area (Å²) in [6.45, 7) is 0. The molecule has 0 aromatic rings. The van der Waals surface area contributed by atoms with Gasteiger partial charge in [0, 0.05) is 19.8 Å². The summed E-state index contributed by atoms with van der Waals surface area (Å²) in [7, 11) is 3.35. The molecule has 5 heteroatoms. The van der Waals surface area contributed by atoms with Gasteiger partial charge in [-0.05, 0) is 24.8 Å². The Labute approximate surface area is 129 Å². The maximum Gasteiger partial charge on any atom is 0.342 e. The second kappa shape index (κ2) is 5.05. The number of rotatable bonds is 2. The van der Waals surface area contributed by atoms with Crippen LogP contribution in [-0.4, -0.2) is 50.2 Å². The Morgan fingerprint density at radius 1 is 1.18 bits per heavy atom. The fourth-order valence-electron chi connectivity index (χ4n) is 3.87. The average Bonchev–Trinajstić information content (AvgIpc) is 3.21. The Bertz CT molecular complexity index is 590. The van der Waals surface area contributed by atoms with Crippen molar-refractivity contribution in [2.45, 2.75) is 49.3 Å². The van der Waals surface area contributed by atoms with Gasteiger partial charge in [0.05, 0.1) is 6.10 Å². The fraction of sp³-hybridized carbons (Fsp3) is 0.588. The molecule has 2 heterocycles. The van der Waals surface area contributed by atoms with E-state index in [1.165, 1.54) is 0 Å². The molecular weight excluding hydrogens is 284 g/mol.